The highest BCUT2D eigenvalue weighted by Crippen LogP contribution is 2.21. The van der Waals surface area contributed by atoms with E-state index in [1.807, 2.05) is 30.3 Å². The molecule has 3 aromatic rings. The molecular weight excluding hydrogens is 376 g/mol. The van der Waals surface area contributed by atoms with Gasteiger partial charge in [-0.3, -0.25) is 4.68 Å². The van der Waals surface area contributed by atoms with Gasteiger partial charge in [0.25, 0.3) is 0 Å². The number of sulfonamides is 1. The van der Waals surface area contributed by atoms with E-state index in [1.165, 1.54) is 35.3 Å². The molecule has 0 bridgehead atoms. The zero-order valence-electron chi connectivity index (χ0n) is 14.1. The monoisotopic (exact) mass is 393 g/mol. The summed E-state index contributed by atoms with van der Waals surface area (Å²) in [6, 6.07) is 15.5. The number of rotatable bonds is 8. The molecule has 0 saturated carbocycles. The van der Waals surface area contributed by atoms with E-state index >= 15 is 0 Å². The normalized spacial score (nSPS) is 11.7. The Morgan fingerprint density at radius 2 is 1.78 bits per heavy atom. The van der Waals surface area contributed by atoms with Gasteiger partial charge in [-0.1, -0.05) is 48.5 Å². The number of aromatic nitrogens is 2. The minimum Gasteiger partial charge on any atom is -0.434 e. The lowest BCUT2D eigenvalue weighted by Crippen LogP contribution is -2.23. The fourth-order valence-corrected chi connectivity index (χ4v) is 3.42. The Morgan fingerprint density at radius 3 is 2.52 bits per heavy atom. The van der Waals surface area contributed by atoms with Gasteiger partial charge in [-0.25, -0.2) is 13.1 Å². The minimum absolute atomic E-state index is 0.00862. The number of alkyl halides is 2. The first kappa shape index (κ1) is 19.0. The topological polar surface area (TPSA) is 73.2 Å². The zero-order chi connectivity index (χ0) is 19.3. The Labute approximate surface area is 155 Å². The van der Waals surface area contributed by atoms with Gasteiger partial charge in [-0.15, -0.1) is 0 Å². The van der Waals surface area contributed by atoms with Gasteiger partial charge in [0, 0.05) is 18.3 Å². The lowest BCUT2D eigenvalue weighted by Gasteiger charge is -2.11. The molecule has 1 heterocycles. The second-order valence-corrected chi connectivity index (χ2v) is 7.44. The predicted molar refractivity (Wildman–Crippen MR) is 94.9 cm³/mol. The van der Waals surface area contributed by atoms with Crippen LogP contribution in [0.5, 0.6) is 5.75 Å². The largest absolute Gasteiger partial charge is 0.434 e. The molecule has 2 aromatic carbocycles. The van der Waals surface area contributed by atoms with Crippen LogP contribution in [-0.4, -0.2) is 24.8 Å². The average molecular weight is 393 g/mol. The molecule has 0 fully saturated rings. The molecular formula is C18H17F2N3O3S. The molecule has 27 heavy (non-hydrogen) atoms. The molecule has 6 nitrogen and oxygen atoms in total. The van der Waals surface area contributed by atoms with E-state index in [0.29, 0.717) is 12.1 Å². The number of hydrogen-bond acceptors (Lipinski definition) is 4. The summed E-state index contributed by atoms with van der Waals surface area (Å²) in [7, 11) is -3.85. The van der Waals surface area contributed by atoms with E-state index in [1.54, 1.807) is 6.07 Å². The Morgan fingerprint density at radius 1 is 1.07 bits per heavy atom. The van der Waals surface area contributed by atoms with Gasteiger partial charge in [0.05, 0.1) is 12.7 Å². The van der Waals surface area contributed by atoms with Gasteiger partial charge in [0.1, 0.15) is 10.6 Å². The van der Waals surface area contributed by atoms with Crippen LogP contribution in [0.2, 0.25) is 0 Å². The van der Waals surface area contributed by atoms with Crippen molar-refractivity contribution in [1.82, 2.24) is 14.5 Å². The molecule has 0 aliphatic carbocycles. The summed E-state index contributed by atoms with van der Waals surface area (Å²) in [4.78, 5) is -0.00862. The summed E-state index contributed by atoms with van der Waals surface area (Å²) in [5, 5.41) is 4.06. The van der Waals surface area contributed by atoms with E-state index in [4.69, 9.17) is 0 Å². The summed E-state index contributed by atoms with van der Waals surface area (Å²) in [5.74, 6) is -0.0741. The first-order valence-corrected chi connectivity index (χ1v) is 9.51. The lowest BCUT2D eigenvalue weighted by molar-refractivity contribution is -0.0504. The first-order valence-electron chi connectivity index (χ1n) is 8.03. The zero-order valence-corrected chi connectivity index (χ0v) is 14.9. The maximum Gasteiger partial charge on any atom is 0.387 e. The van der Waals surface area contributed by atoms with Gasteiger partial charge in [-0.2, -0.15) is 13.9 Å². The van der Waals surface area contributed by atoms with Crippen molar-refractivity contribution in [3.05, 3.63) is 78.1 Å². The first-order chi connectivity index (χ1) is 12.9. The third-order valence-corrected chi connectivity index (χ3v) is 5.10. The number of para-hydroxylation sites is 1. The smallest absolute Gasteiger partial charge is 0.387 e. The predicted octanol–water partition coefficient (Wildman–Crippen LogP) is 3.01. The van der Waals surface area contributed by atoms with Crippen molar-refractivity contribution in [2.75, 3.05) is 0 Å². The highest BCUT2D eigenvalue weighted by molar-refractivity contribution is 7.89. The molecule has 9 heteroatoms. The molecule has 1 N–H and O–H groups in total. The molecule has 0 unspecified atom stereocenters. The number of hydrogen-bond donors (Lipinski definition) is 1. The van der Waals surface area contributed by atoms with E-state index in [-0.39, 0.29) is 17.2 Å². The Bertz CT molecular complexity index is 992. The second-order valence-electron chi connectivity index (χ2n) is 5.67. The summed E-state index contributed by atoms with van der Waals surface area (Å²) in [6.07, 6.45) is 2.66. The van der Waals surface area contributed by atoms with Crippen LogP contribution in [0.25, 0.3) is 0 Å². The molecule has 0 radical (unpaired) electrons. The Balaban J connectivity index is 1.69. The van der Waals surface area contributed by atoms with Crippen molar-refractivity contribution in [2.45, 2.75) is 24.6 Å². The maximum atomic E-state index is 12.5. The average Bonchev–Trinajstić information content (AvgIpc) is 3.11. The lowest BCUT2D eigenvalue weighted by atomic mass is 10.2. The van der Waals surface area contributed by atoms with Crippen molar-refractivity contribution >= 4 is 10.0 Å². The number of ether oxygens (including phenoxy) is 1. The van der Waals surface area contributed by atoms with E-state index in [0.717, 1.165) is 5.56 Å². The van der Waals surface area contributed by atoms with Gasteiger partial charge in [0.2, 0.25) is 10.0 Å². The van der Waals surface area contributed by atoms with Gasteiger partial charge < -0.3 is 4.74 Å². The minimum atomic E-state index is -3.85. The number of nitrogens with zero attached hydrogens (tertiary/aromatic N) is 2. The standard InChI is InChI=1S/C18H17F2N3O3S/c19-18(20)26-17-9-5-4-8-15(17)10-22-27(24,25)16-11-21-23(13-16)12-14-6-2-1-3-7-14/h1-9,11,13,18,22H,10,12H2. The number of benzene rings is 2. The Kier molecular flexibility index (Phi) is 5.82. The molecule has 0 aliphatic rings. The molecule has 0 atom stereocenters. The quantitative estimate of drug-likeness (QED) is 0.639. The van der Waals surface area contributed by atoms with E-state index in [9.17, 15) is 17.2 Å². The second kappa shape index (κ2) is 8.28. The Hall–Kier alpha value is -2.78. The molecule has 0 aliphatic heterocycles. The number of nitrogens with one attached hydrogen (secondary N) is 1. The summed E-state index contributed by atoms with van der Waals surface area (Å²) in [6.45, 7) is -2.74. The SMILES string of the molecule is O=S(=O)(NCc1ccccc1OC(F)F)c1cnn(Cc2ccccc2)c1. The van der Waals surface area contributed by atoms with Crippen LogP contribution in [0.3, 0.4) is 0 Å². The van der Waals surface area contributed by atoms with Crippen LogP contribution in [-0.2, 0) is 23.1 Å². The summed E-state index contributed by atoms with van der Waals surface area (Å²) in [5.41, 5.74) is 1.29. The fraction of sp³-hybridized carbons (Fsp3) is 0.167. The van der Waals surface area contributed by atoms with Gasteiger partial charge in [0.15, 0.2) is 0 Å². The molecule has 1 aromatic heterocycles. The number of halogens is 2. The van der Waals surface area contributed by atoms with Gasteiger partial charge >= 0.3 is 6.61 Å². The van der Waals surface area contributed by atoms with Crippen molar-refractivity contribution in [3.8, 4) is 5.75 Å². The summed E-state index contributed by atoms with van der Waals surface area (Å²) < 4.78 is 58.1. The van der Waals surface area contributed by atoms with Crippen molar-refractivity contribution in [3.63, 3.8) is 0 Å². The van der Waals surface area contributed by atoms with Crippen molar-refractivity contribution in [2.24, 2.45) is 0 Å². The molecule has 0 amide bonds. The van der Waals surface area contributed by atoms with E-state index < -0.39 is 16.6 Å². The van der Waals surface area contributed by atoms with Crippen LogP contribution in [0, 0.1) is 0 Å². The van der Waals surface area contributed by atoms with Crippen LogP contribution >= 0.6 is 0 Å². The van der Waals surface area contributed by atoms with Gasteiger partial charge in [-0.05, 0) is 11.6 Å². The maximum absolute atomic E-state index is 12.5. The highest BCUT2D eigenvalue weighted by Gasteiger charge is 2.18. The third-order valence-electron chi connectivity index (χ3n) is 3.75. The summed E-state index contributed by atoms with van der Waals surface area (Å²) >= 11 is 0. The molecule has 142 valence electrons. The van der Waals surface area contributed by atoms with Crippen molar-refractivity contribution < 1.29 is 21.9 Å². The van der Waals surface area contributed by atoms with Crippen LogP contribution in [0.4, 0.5) is 8.78 Å². The van der Waals surface area contributed by atoms with E-state index in [2.05, 4.69) is 14.6 Å². The van der Waals surface area contributed by atoms with Crippen LogP contribution < -0.4 is 9.46 Å². The molecule has 3 rings (SSSR count). The molecule has 0 spiro atoms. The van der Waals surface area contributed by atoms with Crippen molar-refractivity contribution in [1.29, 1.82) is 0 Å². The molecule has 0 saturated heterocycles. The highest BCUT2D eigenvalue weighted by atomic mass is 32.2. The third kappa shape index (κ3) is 5.11. The fourth-order valence-electron chi connectivity index (χ4n) is 2.46. The van der Waals surface area contributed by atoms with Crippen LogP contribution in [0.1, 0.15) is 11.1 Å². The van der Waals surface area contributed by atoms with Crippen LogP contribution in [0.15, 0.2) is 71.9 Å².